The van der Waals surface area contributed by atoms with Crippen LogP contribution in [-0.2, 0) is 18.0 Å². The van der Waals surface area contributed by atoms with Gasteiger partial charge in [-0.25, -0.2) is 4.98 Å². The Hall–Kier alpha value is -3.45. The molecule has 0 spiro atoms. The first kappa shape index (κ1) is 17.9. The Balaban J connectivity index is 1.89. The standard InChI is InChI=1S/C21H20N4O3/c1-22-21(26)20-14(12-27-2)18-16(10-24-20)25-15-4-3-5-17(19(15)18)28-11-13-6-8-23-9-7-13/h3-10,25H,11-12H2,1-2H3,(H,22,26). The van der Waals surface area contributed by atoms with Gasteiger partial charge in [0.25, 0.3) is 5.91 Å². The highest BCUT2D eigenvalue weighted by Gasteiger charge is 2.20. The van der Waals surface area contributed by atoms with Crippen molar-refractivity contribution in [3.8, 4) is 5.75 Å². The lowest BCUT2D eigenvalue weighted by Crippen LogP contribution is -2.21. The molecule has 0 unspecified atom stereocenters. The molecule has 0 aliphatic rings. The topological polar surface area (TPSA) is 89.1 Å². The second kappa shape index (κ2) is 7.66. The summed E-state index contributed by atoms with van der Waals surface area (Å²) in [4.78, 5) is 24.1. The Labute approximate surface area is 161 Å². The quantitative estimate of drug-likeness (QED) is 0.539. The van der Waals surface area contributed by atoms with E-state index in [-0.39, 0.29) is 12.5 Å². The highest BCUT2D eigenvalue weighted by Crippen LogP contribution is 2.36. The van der Waals surface area contributed by atoms with Crippen LogP contribution in [0, 0.1) is 0 Å². The van der Waals surface area contributed by atoms with Crippen LogP contribution in [-0.4, -0.2) is 35.0 Å². The molecule has 7 heteroatoms. The van der Waals surface area contributed by atoms with E-state index in [9.17, 15) is 4.79 Å². The fraction of sp³-hybridized carbons (Fsp3) is 0.190. The molecule has 0 bridgehead atoms. The summed E-state index contributed by atoms with van der Waals surface area (Å²) < 4.78 is 11.5. The highest BCUT2D eigenvalue weighted by molar-refractivity contribution is 6.14. The molecule has 0 aliphatic carbocycles. The van der Waals surface area contributed by atoms with Crippen LogP contribution in [0.15, 0.2) is 48.9 Å². The Morgan fingerprint density at radius 3 is 2.68 bits per heavy atom. The van der Waals surface area contributed by atoms with Crippen molar-refractivity contribution in [3.05, 3.63) is 65.7 Å². The van der Waals surface area contributed by atoms with E-state index in [1.54, 1.807) is 32.7 Å². The number of carbonyl (C=O) groups excluding carboxylic acids is 1. The Morgan fingerprint density at radius 1 is 1.11 bits per heavy atom. The fourth-order valence-electron chi connectivity index (χ4n) is 3.33. The molecule has 0 atom stereocenters. The van der Waals surface area contributed by atoms with Crippen LogP contribution in [0.3, 0.4) is 0 Å². The summed E-state index contributed by atoms with van der Waals surface area (Å²) in [6.07, 6.45) is 5.15. The number of H-pyrrole nitrogens is 1. The number of nitrogens with zero attached hydrogens (tertiary/aromatic N) is 2. The number of carbonyl (C=O) groups is 1. The van der Waals surface area contributed by atoms with Gasteiger partial charge in [-0.1, -0.05) is 6.07 Å². The van der Waals surface area contributed by atoms with Crippen molar-refractivity contribution in [2.75, 3.05) is 14.2 Å². The number of nitrogens with one attached hydrogen (secondary N) is 2. The van der Waals surface area contributed by atoms with Gasteiger partial charge < -0.3 is 19.8 Å². The van der Waals surface area contributed by atoms with Crippen molar-refractivity contribution in [2.45, 2.75) is 13.2 Å². The van der Waals surface area contributed by atoms with Crippen molar-refractivity contribution in [1.29, 1.82) is 0 Å². The van der Waals surface area contributed by atoms with Crippen LogP contribution >= 0.6 is 0 Å². The first-order valence-electron chi connectivity index (χ1n) is 8.88. The zero-order chi connectivity index (χ0) is 19.5. The minimum atomic E-state index is -0.251. The number of benzene rings is 1. The molecular weight excluding hydrogens is 356 g/mol. The van der Waals surface area contributed by atoms with E-state index in [0.717, 1.165) is 38.7 Å². The molecule has 0 radical (unpaired) electrons. The van der Waals surface area contributed by atoms with Gasteiger partial charge >= 0.3 is 0 Å². The van der Waals surface area contributed by atoms with Gasteiger partial charge in [-0.2, -0.15) is 0 Å². The lowest BCUT2D eigenvalue weighted by atomic mass is 10.0. The maximum Gasteiger partial charge on any atom is 0.270 e. The lowest BCUT2D eigenvalue weighted by Gasteiger charge is -2.11. The van der Waals surface area contributed by atoms with Crippen LogP contribution in [0.25, 0.3) is 21.8 Å². The summed E-state index contributed by atoms with van der Waals surface area (Å²) in [7, 11) is 3.19. The van der Waals surface area contributed by atoms with Gasteiger partial charge in [0.05, 0.1) is 23.8 Å². The first-order chi connectivity index (χ1) is 13.7. The molecule has 1 amide bonds. The number of fused-ring (bicyclic) bond motifs is 3. The SMILES string of the molecule is CNC(=O)c1ncc2[nH]c3cccc(OCc4ccncc4)c3c2c1COC. The Bertz CT molecular complexity index is 1140. The highest BCUT2D eigenvalue weighted by atomic mass is 16.5. The molecule has 28 heavy (non-hydrogen) atoms. The van der Waals surface area contributed by atoms with Gasteiger partial charge in [0.15, 0.2) is 0 Å². The number of aromatic nitrogens is 3. The number of hydrogen-bond acceptors (Lipinski definition) is 5. The summed E-state index contributed by atoms with van der Waals surface area (Å²) in [6.45, 7) is 0.681. The van der Waals surface area contributed by atoms with Crippen LogP contribution in [0.4, 0.5) is 0 Å². The summed E-state index contributed by atoms with van der Waals surface area (Å²) in [5.41, 5.74) is 3.84. The summed E-state index contributed by atoms with van der Waals surface area (Å²) in [6, 6.07) is 9.67. The molecule has 1 aromatic carbocycles. The fourth-order valence-corrected chi connectivity index (χ4v) is 3.33. The molecule has 142 valence electrons. The molecule has 2 N–H and O–H groups in total. The average molecular weight is 376 g/mol. The number of methoxy groups -OCH3 is 1. The Morgan fingerprint density at radius 2 is 1.93 bits per heavy atom. The van der Waals surface area contributed by atoms with Gasteiger partial charge in [-0.3, -0.25) is 9.78 Å². The number of rotatable bonds is 6. The van der Waals surface area contributed by atoms with Crippen molar-refractivity contribution >= 4 is 27.7 Å². The number of hydrogen-bond donors (Lipinski definition) is 2. The molecule has 3 aromatic heterocycles. The summed E-state index contributed by atoms with van der Waals surface area (Å²) >= 11 is 0. The van der Waals surface area contributed by atoms with Gasteiger partial charge in [-0.05, 0) is 29.8 Å². The molecule has 0 aliphatic heterocycles. The van der Waals surface area contributed by atoms with Gasteiger partial charge in [0.2, 0.25) is 0 Å². The van der Waals surface area contributed by atoms with Crippen LogP contribution in [0.2, 0.25) is 0 Å². The van der Waals surface area contributed by atoms with Crippen molar-refractivity contribution in [3.63, 3.8) is 0 Å². The third-order valence-electron chi connectivity index (χ3n) is 4.60. The maximum atomic E-state index is 12.3. The van der Waals surface area contributed by atoms with Crippen molar-refractivity contribution in [2.24, 2.45) is 0 Å². The summed E-state index contributed by atoms with van der Waals surface area (Å²) in [5.74, 6) is 0.477. The van der Waals surface area contributed by atoms with Crippen LogP contribution < -0.4 is 10.1 Å². The average Bonchev–Trinajstić information content (AvgIpc) is 3.12. The van der Waals surface area contributed by atoms with E-state index >= 15 is 0 Å². The third kappa shape index (κ3) is 3.16. The molecular formula is C21H20N4O3. The minimum Gasteiger partial charge on any atom is -0.488 e. The van der Waals surface area contributed by atoms with E-state index in [1.807, 2.05) is 30.3 Å². The zero-order valence-corrected chi connectivity index (χ0v) is 15.7. The van der Waals surface area contributed by atoms with E-state index in [1.165, 1.54) is 0 Å². The maximum absolute atomic E-state index is 12.3. The molecule has 4 aromatic rings. The van der Waals surface area contributed by atoms with Crippen molar-refractivity contribution < 1.29 is 14.3 Å². The van der Waals surface area contributed by atoms with Gasteiger partial charge in [-0.15, -0.1) is 0 Å². The number of aromatic amines is 1. The first-order valence-corrected chi connectivity index (χ1v) is 8.88. The molecule has 7 nitrogen and oxygen atoms in total. The monoisotopic (exact) mass is 376 g/mol. The molecule has 0 saturated heterocycles. The molecule has 3 heterocycles. The van der Waals surface area contributed by atoms with Crippen molar-refractivity contribution in [1.82, 2.24) is 20.3 Å². The molecule has 4 rings (SSSR count). The van der Waals surface area contributed by atoms with E-state index in [4.69, 9.17) is 9.47 Å². The predicted molar refractivity (Wildman–Crippen MR) is 106 cm³/mol. The van der Waals surface area contributed by atoms with Crippen LogP contribution in [0.1, 0.15) is 21.6 Å². The lowest BCUT2D eigenvalue weighted by molar-refractivity contribution is 0.0953. The molecule has 0 saturated carbocycles. The van der Waals surface area contributed by atoms with E-state index in [0.29, 0.717) is 12.3 Å². The third-order valence-corrected chi connectivity index (χ3v) is 4.60. The van der Waals surface area contributed by atoms with Gasteiger partial charge in [0.1, 0.15) is 18.1 Å². The molecule has 0 fully saturated rings. The second-order valence-corrected chi connectivity index (χ2v) is 6.33. The minimum absolute atomic E-state index is 0.251. The second-order valence-electron chi connectivity index (χ2n) is 6.33. The van der Waals surface area contributed by atoms with E-state index in [2.05, 4.69) is 20.3 Å². The zero-order valence-electron chi connectivity index (χ0n) is 15.7. The predicted octanol–water partition coefficient (Wildman–Crippen LogP) is 3.20. The number of amides is 1. The normalized spacial score (nSPS) is 11.1. The van der Waals surface area contributed by atoms with Crippen LogP contribution in [0.5, 0.6) is 5.75 Å². The van der Waals surface area contributed by atoms with Gasteiger partial charge in [0, 0.05) is 42.9 Å². The summed E-state index contributed by atoms with van der Waals surface area (Å²) in [5, 5.41) is 4.44. The number of ether oxygens (including phenoxy) is 2. The van der Waals surface area contributed by atoms with E-state index < -0.39 is 0 Å². The largest absolute Gasteiger partial charge is 0.488 e. The Kier molecular flexibility index (Phi) is 4.90. The smallest absolute Gasteiger partial charge is 0.270 e. The number of pyridine rings is 2.